The third-order valence-corrected chi connectivity index (χ3v) is 4.49. The van der Waals surface area contributed by atoms with E-state index in [1.807, 2.05) is 6.20 Å². The lowest BCUT2D eigenvalue weighted by Gasteiger charge is -2.33. The van der Waals surface area contributed by atoms with Crippen molar-refractivity contribution in [2.24, 2.45) is 0 Å². The van der Waals surface area contributed by atoms with E-state index in [9.17, 15) is 0 Å². The van der Waals surface area contributed by atoms with Crippen molar-refractivity contribution in [3.63, 3.8) is 0 Å². The summed E-state index contributed by atoms with van der Waals surface area (Å²) in [5, 5.41) is 0. The molecule has 0 spiro atoms. The molecule has 0 amide bonds. The summed E-state index contributed by atoms with van der Waals surface area (Å²) in [7, 11) is 0. The van der Waals surface area contributed by atoms with Crippen molar-refractivity contribution in [3.8, 4) is 0 Å². The van der Waals surface area contributed by atoms with Crippen molar-refractivity contribution in [3.05, 3.63) is 12.8 Å². The highest BCUT2D eigenvalue weighted by atomic mass is 15.2. The van der Waals surface area contributed by atoms with Crippen LogP contribution in [0.1, 0.15) is 71.1 Å². The molecule has 0 unspecified atom stereocenters. The molecule has 0 aliphatic carbocycles. The summed E-state index contributed by atoms with van der Waals surface area (Å²) in [4.78, 5) is 4.94. The summed E-state index contributed by atoms with van der Waals surface area (Å²) in [6, 6.07) is 0. The van der Waals surface area contributed by atoms with Gasteiger partial charge in [0.05, 0.1) is 0 Å². The van der Waals surface area contributed by atoms with Crippen LogP contribution in [0.2, 0.25) is 0 Å². The van der Waals surface area contributed by atoms with Gasteiger partial charge in [0.2, 0.25) is 0 Å². The number of nitrogens with zero attached hydrogens (tertiary/aromatic N) is 2. The van der Waals surface area contributed by atoms with Gasteiger partial charge in [-0.25, -0.2) is 0 Å². The normalized spacial score (nSPS) is 16.6. The van der Waals surface area contributed by atoms with Crippen molar-refractivity contribution in [1.29, 1.82) is 0 Å². The summed E-state index contributed by atoms with van der Waals surface area (Å²) in [6.07, 6.45) is 16.3. The third kappa shape index (κ3) is 8.63. The average molecular weight is 280 g/mol. The maximum Gasteiger partial charge on any atom is 0.0300 e. The van der Waals surface area contributed by atoms with Crippen LogP contribution in [0.25, 0.3) is 0 Å². The number of hydrogen-bond acceptors (Lipinski definition) is 2. The van der Waals surface area contributed by atoms with Gasteiger partial charge in [-0.1, -0.05) is 71.3 Å². The summed E-state index contributed by atoms with van der Waals surface area (Å²) >= 11 is 0. The number of rotatable bonds is 12. The zero-order valence-corrected chi connectivity index (χ0v) is 13.8. The van der Waals surface area contributed by atoms with Gasteiger partial charge < -0.3 is 4.90 Å². The molecule has 1 rings (SSSR count). The van der Waals surface area contributed by atoms with Crippen molar-refractivity contribution >= 4 is 0 Å². The largest absolute Gasteiger partial charge is 0.375 e. The highest BCUT2D eigenvalue weighted by Gasteiger charge is 2.12. The summed E-state index contributed by atoms with van der Waals surface area (Å²) < 4.78 is 0. The fraction of sp³-hybridized carbons (Fsp3) is 0.889. The molecule has 0 aromatic rings. The van der Waals surface area contributed by atoms with Crippen LogP contribution in [-0.2, 0) is 0 Å². The van der Waals surface area contributed by atoms with Crippen LogP contribution in [0.5, 0.6) is 0 Å². The van der Waals surface area contributed by atoms with Crippen LogP contribution in [0.4, 0.5) is 0 Å². The van der Waals surface area contributed by atoms with E-state index in [0.29, 0.717) is 0 Å². The molecule has 1 aliphatic heterocycles. The molecule has 2 nitrogen and oxygen atoms in total. The van der Waals surface area contributed by atoms with Gasteiger partial charge in [-0.05, 0) is 19.2 Å². The quantitative estimate of drug-likeness (QED) is 0.479. The maximum absolute atomic E-state index is 3.84. The molecule has 1 fully saturated rings. The Morgan fingerprint density at radius 3 is 1.75 bits per heavy atom. The highest BCUT2D eigenvalue weighted by Crippen LogP contribution is 2.11. The van der Waals surface area contributed by atoms with Crippen LogP contribution in [0.3, 0.4) is 0 Å². The van der Waals surface area contributed by atoms with E-state index in [1.54, 1.807) is 0 Å². The summed E-state index contributed by atoms with van der Waals surface area (Å²) in [6.45, 7) is 12.2. The van der Waals surface area contributed by atoms with E-state index < -0.39 is 0 Å². The Morgan fingerprint density at radius 1 is 0.750 bits per heavy atom. The Morgan fingerprint density at radius 2 is 1.25 bits per heavy atom. The Bertz CT molecular complexity index is 219. The first kappa shape index (κ1) is 17.6. The smallest absolute Gasteiger partial charge is 0.0300 e. The zero-order chi connectivity index (χ0) is 14.5. The second kappa shape index (κ2) is 12.3. The molecule has 1 aliphatic rings. The Hall–Kier alpha value is -0.500. The second-order valence-electron chi connectivity index (χ2n) is 6.24. The van der Waals surface area contributed by atoms with Crippen molar-refractivity contribution in [1.82, 2.24) is 9.80 Å². The van der Waals surface area contributed by atoms with Crippen LogP contribution in [-0.4, -0.2) is 42.5 Å². The standard InChI is InChI=1S/C18H36N2/c1-3-5-6-7-8-9-10-11-12-13-14-20-17-15-19(4-2)16-18-20/h4H,2-3,5-18H2,1H3. The first-order chi connectivity index (χ1) is 9.86. The van der Waals surface area contributed by atoms with Gasteiger partial charge in [-0.15, -0.1) is 0 Å². The molecule has 1 saturated heterocycles. The zero-order valence-electron chi connectivity index (χ0n) is 13.8. The van der Waals surface area contributed by atoms with Crippen molar-refractivity contribution in [2.45, 2.75) is 71.1 Å². The molecule has 0 saturated carbocycles. The highest BCUT2D eigenvalue weighted by molar-refractivity contribution is 4.78. The minimum absolute atomic E-state index is 1.17. The van der Waals surface area contributed by atoms with Crippen LogP contribution in [0.15, 0.2) is 12.8 Å². The third-order valence-electron chi connectivity index (χ3n) is 4.49. The Labute approximate surface area is 127 Å². The summed E-state index contributed by atoms with van der Waals surface area (Å²) in [5.41, 5.74) is 0. The van der Waals surface area contributed by atoms with Gasteiger partial charge in [-0.3, -0.25) is 4.90 Å². The van der Waals surface area contributed by atoms with Gasteiger partial charge in [0.15, 0.2) is 0 Å². The van der Waals surface area contributed by atoms with E-state index in [-0.39, 0.29) is 0 Å². The monoisotopic (exact) mass is 280 g/mol. The molecule has 118 valence electrons. The number of hydrogen-bond donors (Lipinski definition) is 0. The minimum atomic E-state index is 1.17. The number of unbranched alkanes of at least 4 members (excludes halogenated alkanes) is 9. The second-order valence-corrected chi connectivity index (χ2v) is 6.24. The Balaban J connectivity index is 1.80. The SMILES string of the molecule is C=CN1CCN(CCCCCCCCCCCC)CC1. The van der Waals surface area contributed by atoms with Gasteiger partial charge in [0.1, 0.15) is 0 Å². The molecule has 0 aromatic carbocycles. The molecule has 20 heavy (non-hydrogen) atoms. The molecule has 0 N–H and O–H groups in total. The van der Waals surface area contributed by atoms with Gasteiger partial charge >= 0.3 is 0 Å². The fourth-order valence-electron chi connectivity index (χ4n) is 2.99. The van der Waals surface area contributed by atoms with Crippen molar-refractivity contribution < 1.29 is 0 Å². The molecular weight excluding hydrogens is 244 g/mol. The van der Waals surface area contributed by atoms with Crippen LogP contribution >= 0.6 is 0 Å². The predicted molar refractivity (Wildman–Crippen MR) is 90.1 cm³/mol. The molecule has 0 atom stereocenters. The first-order valence-electron chi connectivity index (χ1n) is 8.95. The Kier molecular flexibility index (Phi) is 10.8. The lowest BCUT2D eigenvalue weighted by Crippen LogP contribution is -2.44. The predicted octanol–water partition coefficient (Wildman–Crippen LogP) is 4.67. The van der Waals surface area contributed by atoms with Gasteiger partial charge in [0, 0.05) is 26.2 Å². The minimum Gasteiger partial charge on any atom is -0.375 e. The fourth-order valence-corrected chi connectivity index (χ4v) is 2.99. The van der Waals surface area contributed by atoms with Gasteiger partial charge in [0.25, 0.3) is 0 Å². The van der Waals surface area contributed by atoms with Gasteiger partial charge in [-0.2, -0.15) is 0 Å². The molecule has 0 radical (unpaired) electrons. The average Bonchev–Trinajstić information content (AvgIpc) is 2.50. The van der Waals surface area contributed by atoms with Crippen LogP contribution in [0, 0.1) is 0 Å². The molecule has 0 bridgehead atoms. The van der Waals surface area contributed by atoms with Crippen LogP contribution < -0.4 is 0 Å². The number of piperazine rings is 1. The topological polar surface area (TPSA) is 6.48 Å². The van der Waals surface area contributed by atoms with E-state index >= 15 is 0 Å². The molecule has 0 aromatic heterocycles. The lowest BCUT2D eigenvalue weighted by atomic mass is 10.1. The van der Waals surface area contributed by atoms with E-state index in [0.717, 1.165) is 0 Å². The molecule has 2 heteroatoms. The lowest BCUT2D eigenvalue weighted by molar-refractivity contribution is 0.166. The first-order valence-corrected chi connectivity index (χ1v) is 8.95. The van der Waals surface area contributed by atoms with E-state index in [1.165, 1.54) is 96.9 Å². The maximum atomic E-state index is 3.84. The van der Waals surface area contributed by atoms with Crippen molar-refractivity contribution in [2.75, 3.05) is 32.7 Å². The molecule has 1 heterocycles. The summed E-state index contributed by atoms with van der Waals surface area (Å²) in [5.74, 6) is 0. The van der Waals surface area contributed by atoms with E-state index in [4.69, 9.17) is 0 Å². The van der Waals surface area contributed by atoms with E-state index in [2.05, 4.69) is 23.3 Å². The molecular formula is C18H36N2.